The average Bonchev–Trinajstić information content (AvgIpc) is 2.23. The summed E-state index contributed by atoms with van der Waals surface area (Å²) < 4.78 is 13.1. The summed E-state index contributed by atoms with van der Waals surface area (Å²) in [5, 5.41) is 0.174. The Hall–Kier alpha value is -1.08. The SMILES string of the molecule is Fc1cc(C2C=[C]C=CC2)ccc1Cl. The Morgan fingerprint density at radius 3 is 2.93 bits per heavy atom. The van der Waals surface area contributed by atoms with E-state index in [1.165, 1.54) is 6.07 Å². The molecule has 0 saturated heterocycles. The lowest BCUT2D eigenvalue weighted by Gasteiger charge is -2.13. The van der Waals surface area contributed by atoms with Crippen molar-refractivity contribution in [2.75, 3.05) is 0 Å². The first-order valence-electron chi connectivity index (χ1n) is 4.47. The molecule has 1 aliphatic rings. The van der Waals surface area contributed by atoms with Crippen LogP contribution in [0.15, 0.2) is 36.4 Å². The predicted molar refractivity (Wildman–Crippen MR) is 55.7 cm³/mol. The molecule has 1 aromatic carbocycles. The van der Waals surface area contributed by atoms with E-state index in [0.29, 0.717) is 0 Å². The third kappa shape index (κ3) is 1.88. The molecule has 0 bridgehead atoms. The Bertz CT molecular complexity index is 393. The molecule has 0 nitrogen and oxygen atoms in total. The van der Waals surface area contributed by atoms with Crippen molar-refractivity contribution < 1.29 is 4.39 Å². The van der Waals surface area contributed by atoms with Gasteiger partial charge in [-0.2, -0.15) is 0 Å². The summed E-state index contributed by atoms with van der Waals surface area (Å²) in [6.07, 6.45) is 9.75. The molecule has 0 spiro atoms. The van der Waals surface area contributed by atoms with Crippen LogP contribution >= 0.6 is 11.6 Å². The summed E-state index contributed by atoms with van der Waals surface area (Å²) in [7, 11) is 0. The Kier molecular flexibility index (Phi) is 2.69. The number of benzene rings is 1. The molecule has 2 rings (SSSR count). The van der Waals surface area contributed by atoms with E-state index in [4.69, 9.17) is 11.6 Å². The van der Waals surface area contributed by atoms with Crippen LogP contribution in [0.1, 0.15) is 17.9 Å². The Morgan fingerprint density at radius 2 is 2.29 bits per heavy atom. The lowest BCUT2D eigenvalue weighted by molar-refractivity contribution is 0.624. The Balaban J connectivity index is 2.28. The van der Waals surface area contributed by atoms with Crippen LogP contribution < -0.4 is 0 Å². The van der Waals surface area contributed by atoms with E-state index in [0.717, 1.165) is 12.0 Å². The second-order valence-corrected chi connectivity index (χ2v) is 3.66. The highest BCUT2D eigenvalue weighted by Crippen LogP contribution is 2.26. The summed E-state index contributed by atoms with van der Waals surface area (Å²) in [4.78, 5) is 0. The van der Waals surface area contributed by atoms with Crippen LogP contribution in [0, 0.1) is 11.9 Å². The molecule has 14 heavy (non-hydrogen) atoms. The van der Waals surface area contributed by atoms with E-state index in [1.54, 1.807) is 6.07 Å². The summed E-state index contributed by atoms with van der Waals surface area (Å²) in [5.74, 6) is -0.126. The van der Waals surface area contributed by atoms with Gasteiger partial charge in [-0.3, -0.25) is 0 Å². The van der Waals surface area contributed by atoms with E-state index in [1.807, 2.05) is 24.3 Å². The van der Waals surface area contributed by atoms with E-state index in [9.17, 15) is 4.39 Å². The van der Waals surface area contributed by atoms with Gasteiger partial charge in [0.05, 0.1) is 5.02 Å². The summed E-state index contributed by atoms with van der Waals surface area (Å²) in [5.41, 5.74) is 0.948. The highest BCUT2D eigenvalue weighted by atomic mass is 35.5. The first-order valence-corrected chi connectivity index (χ1v) is 4.84. The molecule has 1 aliphatic carbocycles. The van der Waals surface area contributed by atoms with Crippen LogP contribution in [0.25, 0.3) is 0 Å². The first kappa shape index (κ1) is 9.47. The van der Waals surface area contributed by atoms with Crippen molar-refractivity contribution in [2.45, 2.75) is 12.3 Å². The zero-order chi connectivity index (χ0) is 9.97. The molecule has 1 aromatic rings. The molecule has 0 N–H and O–H groups in total. The van der Waals surface area contributed by atoms with Gasteiger partial charge in [-0.05, 0) is 30.2 Å². The fourth-order valence-electron chi connectivity index (χ4n) is 1.50. The average molecular weight is 208 g/mol. The van der Waals surface area contributed by atoms with Crippen LogP contribution in [0.4, 0.5) is 4.39 Å². The highest BCUT2D eigenvalue weighted by molar-refractivity contribution is 6.30. The quantitative estimate of drug-likeness (QED) is 0.656. The summed E-state index contributed by atoms with van der Waals surface area (Å²) in [6, 6.07) is 4.94. The van der Waals surface area contributed by atoms with Crippen LogP contribution in [0.5, 0.6) is 0 Å². The lowest BCUT2D eigenvalue weighted by Crippen LogP contribution is -1.97. The summed E-state index contributed by atoms with van der Waals surface area (Å²) >= 11 is 5.60. The minimum Gasteiger partial charge on any atom is -0.205 e. The molecular formula is C12H9ClF. The van der Waals surface area contributed by atoms with Gasteiger partial charge in [-0.15, -0.1) is 0 Å². The topological polar surface area (TPSA) is 0 Å². The lowest BCUT2D eigenvalue weighted by atomic mass is 9.93. The molecule has 1 unspecified atom stereocenters. The Morgan fingerprint density at radius 1 is 1.43 bits per heavy atom. The van der Waals surface area contributed by atoms with E-state index in [-0.39, 0.29) is 16.8 Å². The molecule has 0 heterocycles. The van der Waals surface area contributed by atoms with E-state index in [2.05, 4.69) is 6.08 Å². The van der Waals surface area contributed by atoms with Crippen LogP contribution in [0.2, 0.25) is 5.02 Å². The van der Waals surface area contributed by atoms with Crippen molar-refractivity contribution in [3.8, 4) is 0 Å². The predicted octanol–water partition coefficient (Wildman–Crippen LogP) is 3.88. The number of allylic oxidation sites excluding steroid dienone is 4. The van der Waals surface area contributed by atoms with Gasteiger partial charge in [0.25, 0.3) is 0 Å². The van der Waals surface area contributed by atoms with E-state index < -0.39 is 0 Å². The molecule has 0 fully saturated rings. The van der Waals surface area contributed by atoms with Crippen molar-refractivity contribution in [3.63, 3.8) is 0 Å². The largest absolute Gasteiger partial charge is 0.205 e. The maximum Gasteiger partial charge on any atom is 0.142 e. The van der Waals surface area contributed by atoms with E-state index >= 15 is 0 Å². The standard InChI is InChI=1S/C12H9ClF/c13-11-7-6-10(8-12(11)14)9-4-2-1-3-5-9/h1-2,5-9H,4H2. The maximum atomic E-state index is 13.1. The van der Waals surface area contributed by atoms with Crippen LogP contribution in [-0.4, -0.2) is 0 Å². The second kappa shape index (κ2) is 3.97. The monoisotopic (exact) mass is 207 g/mol. The summed E-state index contributed by atoms with van der Waals surface area (Å²) in [6.45, 7) is 0. The second-order valence-electron chi connectivity index (χ2n) is 3.25. The molecular weight excluding hydrogens is 199 g/mol. The number of hydrogen-bond acceptors (Lipinski definition) is 0. The molecule has 71 valence electrons. The molecule has 1 atom stereocenters. The van der Waals surface area contributed by atoms with Crippen molar-refractivity contribution in [3.05, 3.63) is 58.9 Å². The zero-order valence-corrected chi connectivity index (χ0v) is 8.26. The first-order chi connectivity index (χ1) is 6.77. The Labute approximate surface area is 87.7 Å². The third-order valence-corrected chi connectivity index (χ3v) is 2.58. The number of rotatable bonds is 1. The zero-order valence-electron chi connectivity index (χ0n) is 7.50. The van der Waals surface area contributed by atoms with Crippen molar-refractivity contribution in [1.29, 1.82) is 0 Å². The number of hydrogen-bond donors (Lipinski definition) is 0. The molecule has 0 amide bonds. The number of halogens is 2. The molecule has 0 saturated carbocycles. The van der Waals surface area contributed by atoms with Gasteiger partial charge in [-0.25, -0.2) is 4.39 Å². The van der Waals surface area contributed by atoms with Gasteiger partial charge in [0.1, 0.15) is 5.82 Å². The fourth-order valence-corrected chi connectivity index (χ4v) is 1.62. The van der Waals surface area contributed by atoms with Crippen molar-refractivity contribution in [1.82, 2.24) is 0 Å². The normalized spacial score (nSPS) is 20.0. The van der Waals surface area contributed by atoms with Gasteiger partial charge < -0.3 is 0 Å². The van der Waals surface area contributed by atoms with Gasteiger partial charge >= 0.3 is 0 Å². The van der Waals surface area contributed by atoms with Gasteiger partial charge in [-0.1, -0.05) is 35.9 Å². The van der Waals surface area contributed by atoms with Gasteiger partial charge in [0.15, 0.2) is 0 Å². The molecule has 0 aliphatic heterocycles. The smallest absolute Gasteiger partial charge is 0.142 e. The molecule has 0 aromatic heterocycles. The third-order valence-electron chi connectivity index (χ3n) is 2.27. The van der Waals surface area contributed by atoms with Crippen LogP contribution in [-0.2, 0) is 0 Å². The minimum atomic E-state index is -0.355. The van der Waals surface area contributed by atoms with Gasteiger partial charge in [0, 0.05) is 5.92 Å². The van der Waals surface area contributed by atoms with Crippen molar-refractivity contribution in [2.24, 2.45) is 0 Å². The van der Waals surface area contributed by atoms with Gasteiger partial charge in [0.2, 0.25) is 0 Å². The highest BCUT2D eigenvalue weighted by Gasteiger charge is 2.10. The molecule has 2 heteroatoms. The van der Waals surface area contributed by atoms with Crippen LogP contribution in [0.3, 0.4) is 0 Å². The van der Waals surface area contributed by atoms with Crippen molar-refractivity contribution >= 4 is 11.6 Å². The molecule has 1 radical (unpaired) electrons. The minimum absolute atomic E-state index is 0.174. The maximum absolute atomic E-state index is 13.1. The fraction of sp³-hybridized carbons (Fsp3) is 0.167.